The molecule has 6 heteroatoms. The predicted octanol–water partition coefficient (Wildman–Crippen LogP) is -0.679. The zero-order chi connectivity index (χ0) is 10.2. The number of rotatable bonds is 0. The summed E-state index contributed by atoms with van der Waals surface area (Å²) in [5, 5.41) is 0. The Labute approximate surface area is 83.3 Å². The minimum Gasteiger partial charge on any atom is -0.386 e. The van der Waals surface area contributed by atoms with Crippen LogP contribution < -0.4 is 5.73 Å². The van der Waals surface area contributed by atoms with E-state index >= 15 is 0 Å². The third-order valence-electron chi connectivity index (χ3n) is 2.76. The van der Waals surface area contributed by atoms with Gasteiger partial charge in [-0.3, -0.25) is 4.99 Å². The second-order valence-electron chi connectivity index (χ2n) is 3.97. The van der Waals surface area contributed by atoms with Crippen molar-refractivity contribution in [2.24, 2.45) is 10.7 Å². The molecular weight excluding hydrogens is 204 g/mol. The van der Waals surface area contributed by atoms with Crippen LogP contribution in [0.1, 0.15) is 12.8 Å². The van der Waals surface area contributed by atoms with E-state index in [0.29, 0.717) is 31.9 Å². The van der Waals surface area contributed by atoms with Gasteiger partial charge in [0.2, 0.25) is 0 Å². The first-order valence-corrected chi connectivity index (χ1v) is 6.46. The highest BCUT2D eigenvalue weighted by Crippen LogP contribution is 2.29. The first-order chi connectivity index (χ1) is 6.52. The molecule has 5 nitrogen and oxygen atoms in total. The molecule has 14 heavy (non-hydrogen) atoms. The van der Waals surface area contributed by atoms with Gasteiger partial charge in [-0.1, -0.05) is 0 Å². The smallest absolute Gasteiger partial charge is 0.150 e. The maximum Gasteiger partial charge on any atom is 0.150 e. The van der Waals surface area contributed by atoms with Gasteiger partial charge in [0, 0.05) is 0 Å². The van der Waals surface area contributed by atoms with Crippen LogP contribution in [-0.2, 0) is 14.6 Å². The maximum absolute atomic E-state index is 11.2. The number of sulfone groups is 1. The summed E-state index contributed by atoms with van der Waals surface area (Å²) >= 11 is 0. The van der Waals surface area contributed by atoms with Crippen molar-refractivity contribution < 1.29 is 13.2 Å². The molecule has 0 bridgehead atoms. The Hall–Kier alpha value is -0.620. The molecule has 0 aromatic heterocycles. The molecule has 1 saturated heterocycles. The van der Waals surface area contributed by atoms with Gasteiger partial charge in [0.1, 0.15) is 12.4 Å². The van der Waals surface area contributed by atoms with E-state index in [1.165, 1.54) is 0 Å². The van der Waals surface area contributed by atoms with Crippen molar-refractivity contribution in [3.8, 4) is 0 Å². The second kappa shape index (κ2) is 3.20. The molecule has 0 atom stereocenters. The number of nitrogens with zero attached hydrogens (tertiary/aromatic N) is 1. The lowest BCUT2D eigenvalue weighted by Gasteiger charge is -2.36. The predicted molar refractivity (Wildman–Crippen MR) is 53.1 cm³/mol. The molecule has 1 fully saturated rings. The molecule has 0 aromatic rings. The van der Waals surface area contributed by atoms with E-state index in [9.17, 15) is 8.42 Å². The summed E-state index contributed by atoms with van der Waals surface area (Å²) in [7, 11) is -2.84. The van der Waals surface area contributed by atoms with Gasteiger partial charge in [-0.25, -0.2) is 8.42 Å². The van der Waals surface area contributed by atoms with Crippen LogP contribution in [-0.4, -0.2) is 44.5 Å². The Morgan fingerprint density at radius 1 is 1.36 bits per heavy atom. The Morgan fingerprint density at radius 2 is 2.00 bits per heavy atom. The van der Waals surface area contributed by atoms with Crippen LogP contribution in [0.5, 0.6) is 0 Å². The summed E-state index contributed by atoms with van der Waals surface area (Å²) in [5.74, 6) is 0.885. The van der Waals surface area contributed by atoms with E-state index < -0.39 is 9.84 Å². The van der Waals surface area contributed by atoms with Gasteiger partial charge >= 0.3 is 0 Å². The molecule has 2 rings (SSSR count). The van der Waals surface area contributed by atoms with Crippen molar-refractivity contribution in [3.63, 3.8) is 0 Å². The summed E-state index contributed by atoms with van der Waals surface area (Å²) in [6, 6.07) is 0. The molecule has 2 aliphatic heterocycles. The molecule has 0 saturated carbocycles. The molecule has 2 aliphatic rings. The lowest BCUT2D eigenvalue weighted by Crippen LogP contribution is -2.46. The molecule has 0 unspecified atom stereocenters. The highest BCUT2D eigenvalue weighted by atomic mass is 32.2. The zero-order valence-corrected chi connectivity index (χ0v) is 8.72. The third kappa shape index (κ3) is 1.90. The van der Waals surface area contributed by atoms with E-state index in [4.69, 9.17) is 10.5 Å². The summed E-state index contributed by atoms with van der Waals surface area (Å²) in [4.78, 5) is 4.34. The van der Waals surface area contributed by atoms with Crippen molar-refractivity contribution in [2.45, 2.75) is 18.4 Å². The summed E-state index contributed by atoms with van der Waals surface area (Å²) in [6.45, 7) is 0.873. The zero-order valence-electron chi connectivity index (χ0n) is 7.90. The molecule has 1 spiro atoms. The van der Waals surface area contributed by atoms with Crippen molar-refractivity contribution in [1.29, 1.82) is 0 Å². The second-order valence-corrected chi connectivity index (χ2v) is 6.28. The Bertz CT molecular complexity index is 347. The van der Waals surface area contributed by atoms with E-state index in [1.54, 1.807) is 0 Å². The van der Waals surface area contributed by atoms with Gasteiger partial charge in [0.15, 0.2) is 9.84 Å². The van der Waals surface area contributed by atoms with Crippen molar-refractivity contribution in [1.82, 2.24) is 0 Å². The molecule has 2 N–H and O–H groups in total. The Morgan fingerprint density at radius 3 is 2.57 bits per heavy atom. The Kier molecular flexibility index (Phi) is 2.27. The SMILES string of the molecule is NC1=NC2(CCS(=O)(=O)CC2)COC1. The average molecular weight is 218 g/mol. The largest absolute Gasteiger partial charge is 0.386 e. The van der Waals surface area contributed by atoms with Crippen LogP contribution in [0.3, 0.4) is 0 Å². The van der Waals surface area contributed by atoms with E-state index in [1.807, 2.05) is 0 Å². The fourth-order valence-electron chi connectivity index (χ4n) is 1.89. The van der Waals surface area contributed by atoms with E-state index in [0.717, 1.165) is 0 Å². The lowest BCUT2D eigenvalue weighted by atomic mass is 9.93. The number of amidine groups is 1. The minimum absolute atomic E-state index is 0.202. The third-order valence-corrected chi connectivity index (χ3v) is 4.41. The van der Waals surface area contributed by atoms with Crippen LogP contribution >= 0.6 is 0 Å². The van der Waals surface area contributed by atoms with Gasteiger partial charge in [-0.2, -0.15) is 0 Å². The van der Waals surface area contributed by atoms with Gasteiger partial charge in [-0.15, -0.1) is 0 Å². The number of ether oxygens (including phenoxy) is 1. The summed E-state index contributed by atoms with van der Waals surface area (Å²) in [6.07, 6.45) is 1.08. The minimum atomic E-state index is -2.84. The fourth-order valence-corrected chi connectivity index (χ4v) is 3.47. The summed E-state index contributed by atoms with van der Waals surface area (Å²) in [5.41, 5.74) is 5.23. The van der Waals surface area contributed by atoms with Crippen LogP contribution in [0.4, 0.5) is 0 Å². The lowest BCUT2D eigenvalue weighted by molar-refractivity contribution is 0.0928. The number of nitrogens with two attached hydrogens (primary N) is 1. The molecule has 0 aliphatic carbocycles. The first-order valence-electron chi connectivity index (χ1n) is 4.64. The topological polar surface area (TPSA) is 81.8 Å². The van der Waals surface area contributed by atoms with Crippen molar-refractivity contribution >= 4 is 15.7 Å². The van der Waals surface area contributed by atoms with Crippen LogP contribution in [0.25, 0.3) is 0 Å². The number of hydrogen-bond donors (Lipinski definition) is 1. The molecule has 2 heterocycles. The molecule has 0 amide bonds. The van der Waals surface area contributed by atoms with Gasteiger partial charge in [0.25, 0.3) is 0 Å². The molecular formula is C8H14N2O3S. The van der Waals surface area contributed by atoms with Gasteiger partial charge in [0.05, 0.1) is 23.7 Å². The van der Waals surface area contributed by atoms with Gasteiger partial charge in [-0.05, 0) is 12.8 Å². The number of aliphatic imine (C=N–C) groups is 1. The van der Waals surface area contributed by atoms with Crippen LogP contribution in [0.2, 0.25) is 0 Å². The normalized spacial score (nSPS) is 29.9. The van der Waals surface area contributed by atoms with Crippen molar-refractivity contribution in [2.75, 3.05) is 24.7 Å². The fraction of sp³-hybridized carbons (Fsp3) is 0.875. The Balaban J connectivity index is 2.16. The number of hydrogen-bond acceptors (Lipinski definition) is 5. The van der Waals surface area contributed by atoms with Crippen molar-refractivity contribution in [3.05, 3.63) is 0 Å². The quantitative estimate of drug-likeness (QED) is 0.584. The van der Waals surface area contributed by atoms with E-state index in [2.05, 4.69) is 4.99 Å². The molecule has 80 valence electrons. The molecule has 0 radical (unpaired) electrons. The summed E-state index contributed by atoms with van der Waals surface area (Å²) < 4.78 is 27.8. The highest BCUT2D eigenvalue weighted by Gasteiger charge is 2.39. The van der Waals surface area contributed by atoms with E-state index in [-0.39, 0.29) is 17.0 Å². The van der Waals surface area contributed by atoms with Gasteiger partial charge < -0.3 is 10.5 Å². The van der Waals surface area contributed by atoms with Crippen LogP contribution in [0.15, 0.2) is 4.99 Å². The standard InChI is InChI=1S/C8H14N2O3S/c9-7-5-13-6-8(10-7)1-3-14(11,12)4-2-8/h1-6H2,(H2,9,10). The average Bonchev–Trinajstić information content (AvgIpc) is 2.12. The maximum atomic E-state index is 11.2. The first kappa shape index (κ1) is 9.92. The monoisotopic (exact) mass is 218 g/mol. The molecule has 0 aromatic carbocycles. The van der Waals surface area contributed by atoms with Crippen LogP contribution in [0, 0.1) is 0 Å². The highest BCUT2D eigenvalue weighted by molar-refractivity contribution is 7.91.